The molecular weight excluding hydrogens is 366 g/mol. The summed E-state index contributed by atoms with van der Waals surface area (Å²) in [7, 11) is 0. The highest BCUT2D eigenvalue weighted by molar-refractivity contribution is 6.35. The number of carbonyl (C=O) groups excluding carboxylic acids is 1. The zero-order valence-corrected chi connectivity index (χ0v) is 15.7. The SMILES string of the molecule is O=Cc1cccc(-n2c3ccccc3c3cccc(-c4ccccc4)c32)c1Cl. The minimum atomic E-state index is 0.461. The quantitative estimate of drug-likeness (QED) is 0.311. The molecule has 0 saturated heterocycles. The Balaban J connectivity index is 1.99. The molecule has 0 N–H and O–H groups in total. The van der Waals surface area contributed by atoms with Crippen molar-refractivity contribution >= 4 is 39.7 Å². The van der Waals surface area contributed by atoms with Gasteiger partial charge in [0.25, 0.3) is 0 Å². The fraction of sp³-hybridized carbons (Fsp3) is 0. The van der Waals surface area contributed by atoms with Gasteiger partial charge in [-0.05, 0) is 17.7 Å². The van der Waals surface area contributed by atoms with E-state index >= 15 is 0 Å². The lowest BCUT2D eigenvalue weighted by Gasteiger charge is -2.14. The highest BCUT2D eigenvalue weighted by Gasteiger charge is 2.18. The molecule has 0 aliphatic carbocycles. The Labute approximate surface area is 167 Å². The van der Waals surface area contributed by atoms with Gasteiger partial charge >= 0.3 is 0 Å². The van der Waals surface area contributed by atoms with E-state index < -0.39 is 0 Å². The summed E-state index contributed by atoms with van der Waals surface area (Å²) in [5.41, 5.74) is 5.70. The molecule has 2 nitrogen and oxygen atoms in total. The number of halogens is 1. The van der Waals surface area contributed by atoms with Gasteiger partial charge in [0, 0.05) is 21.9 Å². The monoisotopic (exact) mass is 381 g/mol. The number of aldehydes is 1. The highest BCUT2D eigenvalue weighted by Crippen LogP contribution is 2.39. The smallest absolute Gasteiger partial charge is 0.151 e. The maximum atomic E-state index is 11.5. The second kappa shape index (κ2) is 6.66. The van der Waals surface area contributed by atoms with Crippen molar-refractivity contribution in [1.82, 2.24) is 4.57 Å². The fourth-order valence-corrected chi connectivity index (χ4v) is 4.18. The summed E-state index contributed by atoms with van der Waals surface area (Å²) < 4.78 is 2.17. The molecule has 1 aromatic heterocycles. The molecule has 0 atom stereocenters. The van der Waals surface area contributed by atoms with E-state index in [-0.39, 0.29) is 0 Å². The van der Waals surface area contributed by atoms with E-state index in [1.807, 2.05) is 42.5 Å². The van der Waals surface area contributed by atoms with Crippen LogP contribution in [0.2, 0.25) is 5.02 Å². The topological polar surface area (TPSA) is 22.0 Å². The molecule has 0 fully saturated rings. The number of carbonyl (C=O) groups is 1. The van der Waals surface area contributed by atoms with Gasteiger partial charge in [0.1, 0.15) is 0 Å². The number of rotatable bonds is 3. The van der Waals surface area contributed by atoms with Crippen LogP contribution in [-0.4, -0.2) is 10.9 Å². The van der Waals surface area contributed by atoms with Crippen LogP contribution >= 0.6 is 11.6 Å². The van der Waals surface area contributed by atoms with Gasteiger partial charge in [-0.1, -0.05) is 90.5 Å². The zero-order chi connectivity index (χ0) is 19.1. The maximum absolute atomic E-state index is 11.5. The molecule has 1 heterocycles. The lowest BCUT2D eigenvalue weighted by atomic mass is 10.0. The average molecular weight is 382 g/mol. The molecule has 28 heavy (non-hydrogen) atoms. The summed E-state index contributed by atoms with van der Waals surface area (Å²) >= 11 is 6.65. The van der Waals surface area contributed by atoms with Gasteiger partial charge in [-0.15, -0.1) is 0 Å². The van der Waals surface area contributed by atoms with Crippen LogP contribution in [0.1, 0.15) is 10.4 Å². The molecule has 5 rings (SSSR count). The molecule has 0 bridgehead atoms. The second-order valence-corrected chi connectivity index (χ2v) is 7.10. The summed E-state index contributed by atoms with van der Waals surface area (Å²) in [4.78, 5) is 11.5. The summed E-state index contributed by atoms with van der Waals surface area (Å²) in [6.45, 7) is 0. The van der Waals surface area contributed by atoms with Crippen molar-refractivity contribution < 1.29 is 4.79 Å². The minimum Gasteiger partial charge on any atom is -0.307 e. The van der Waals surface area contributed by atoms with Gasteiger partial charge in [0.05, 0.1) is 21.7 Å². The average Bonchev–Trinajstić information content (AvgIpc) is 3.09. The normalized spacial score (nSPS) is 11.2. The molecule has 134 valence electrons. The second-order valence-electron chi connectivity index (χ2n) is 6.72. The van der Waals surface area contributed by atoms with Crippen LogP contribution in [0.3, 0.4) is 0 Å². The van der Waals surface area contributed by atoms with E-state index in [4.69, 9.17) is 11.6 Å². The Hall–Kier alpha value is -3.36. The first kappa shape index (κ1) is 16.8. The molecule has 0 spiro atoms. The Morgan fingerprint density at radius 3 is 2.25 bits per heavy atom. The molecular formula is C25H16ClNO. The molecule has 0 saturated carbocycles. The van der Waals surface area contributed by atoms with E-state index in [1.54, 1.807) is 6.07 Å². The highest BCUT2D eigenvalue weighted by atomic mass is 35.5. The number of hydrogen-bond donors (Lipinski definition) is 0. The third-order valence-electron chi connectivity index (χ3n) is 5.16. The lowest BCUT2D eigenvalue weighted by Crippen LogP contribution is -1.98. The molecule has 3 heteroatoms. The summed E-state index contributed by atoms with van der Waals surface area (Å²) in [5, 5.41) is 2.77. The molecule has 5 aromatic rings. The Kier molecular flexibility index (Phi) is 4.00. The van der Waals surface area contributed by atoms with Crippen molar-refractivity contribution in [3.63, 3.8) is 0 Å². The van der Waals surface area contributed by atoms with E-state index in [0.717, 1.165) is 44.9 Å². The fourth-order valence-electron chi connectivity index (χ4n) is 3.92. The van der Waals surface area contributed by atoms with Crippen molar-refractivity contribution in [2.45, 2.75) is 0 Å². The van der Waals surface area contributed by atoms with E-state index in [2.05, 4.69) is 47.0 Å². The molecule has 0 amide bonds. The maximum Gasteiger partial charge on any atom is 0.151 e. The van der Waals surface area contributed by atoms with Crippen LogP contribution in [0.5, 0.6) is 0 Å². The van der Waals surface area contributed by atoms with E-state index in [9.17, 15) is 4.79 Å². The van der Waals surface area contributed by atoms with Crippen molar-refractivity contribution in [3.05, 3.63) is 102 Å². The number of para-hydroxylation sites is 2. The van der Waals surface area contributed by atoms with E-state index in [1.165, 1.54) is 0 Å². The molecule has 4 aromatic carbocycles. The van der Waals surface area contributed by atoms with Crippen LogP contribution < -0.4 is 0 Å². The summed E-state index contributed by atoms with van der Waals surface area (Å²) in [6, 6.07) is 30.5. The number of hydrogen-bond acceptors (Lipinski definition) is 1. The Morgan fingerprint density at radius 2 is 1.43 bits per heavy atom. The van der Waals surface area contributed by atoms with Crippen LogP contribution in [0, 0.1) is 0 Å². The first-order valence-electron chi connectivity index (χ1n) is 9.11. The molecule has 0 unspecified atom stereocenters. The van der Waals surface area contributed by atoms with Crippen molar-refractivity contribution in [3.8, 4) is 16.8 Å². The predicted octanol–water partition coefficient (Wildman–Crippen LogP) is 6.92. The first-order chi connectivity index (χ1) is 13.8. The number of nitrogens with zero attached hydrogens (tertiary/aromatic N) is 1. The van der Waals surface area contributed by atoms with Gasteiger partial charge in [-0.3, -0.25) is 4.79 Å². The van der Waals surface area contributed by atoms with Crippen LogP contribution in [0.15, 0.2) is 91.0 Å². The van der Waals surface area contributed by atoms with Gasteiger partial charge < -0.3 is 4.57 Å². The van der Waals surface area contributed by atoms with Gasteiger partial charge in [-0.2, -0.15) is 0 Å². The van der Waals surface area contributed by atoms with Crippen LogP contribution in [0.4, 0.5) is 0 Å². The summed E-state index contributed by atoms with van der Waals surface area (Å²) in [6.07, 6.45) is 0.803. The van der Waals surface area contributed by atoms with Gasteiger partial charge in [-0.25, -0.2) is 0 Å². The zero-order valence-electron chi connectivity index (χ0n) is 15.0. The Bertz CT molecular complexity index is 1340. The third kappa shape index (κ3) is 2.46. The molecule has 0 aliphatic rings. The molecule has 0 radical (unpaired) electrons. The van der Waals surface area contributed by atoms with Crippen LogP contribution in [-0.2, 0) is 0 Å². The van der Waals surface area contributed by atoms with Crippen molar-refractivity contribution in [1.29, 1.82) is 0 Å². The first-order valence-corrected chi connectivity index (χ1v) is 9.49. The standard InChI is InChI=1S/C25H16ClNO/c26-24-18(16-28)10-6-15-23(24)27-22-14-5-4-11-20(22)21-13-7-12-19(25(21)27)17-8-2-1-3-9-17/h1-16H. The van der Waals surface area contributed by atoms with Crippen molar-refractivity contribution in [2.75, 3.05) is 0 Å². The van der Waals surface area contributed by atoms with Crippen molar-refractivity contribution in [2.24, 2.45) is 0 Å². The number of fused-ring (bicyclic) bond motifs is 3. The minimum absolute atomic E-state index is 0.461. The number of benzene rings is 4. The van der Waals surface area contributed by atoms with E-state index in [0.29, 0.717) is 10.6 Å². The number of aromatic nitrogens is 1. The lowest BCUT2D eigenvalue weighted by molar-refractivity contribution is 0.112. The largest absolute Gasteiger partial charge is 0.307 e. The molecule has 0 aliphatic heterocycles. The third-order valence-corrected chi connectivity index (χ3v) is 5.57. The van der Waals surface area contributed by atoms with Gasteiger partial charge in [0.15, 0.2) is 6.29 Å². The summed E-state index contributed by atoms with van der Waals surface area (Å²) in [5.74, 6) is 0. The van der Waals surface area contributed by atoms with Gasteiger partial charge in [0.2, 0.25) is 0 Å². The van der Waals surface area contributed by atoms with Crippen LogP contribution in [0.25, 0.3) is 38.6 Å². The Morgan fingerprint density at radius 1 is 0.714 bits per heavy atom. The predicted molar refractivity (Wildman–Crippen MR) is 117 cm³/mol.